The lowest BCUT2D eigenvalue weighted by Gasteiger charge is -2.31. The summed E-state index contributed by atoms with van der Waals surface area (Å²) in [4.78, 5) is 37.3. The quantitative estimate of drug-likeness (QED) is 0.802. The Morgan fingerprint density at radius 1 is 1.07 bits per heavy atom. The molecule has 0 N–H and O–H groups in total. The normalized spacial score (nSPS) is 17.4. The van der Waals surface area contributed by atoms with E-state index in [1.165, 1.54) is 0 Å². The summed E-state index contributed by atoms with van der Waals surface area (Å²) in [5, 5.41) is 0. The minimum Gasteiger partial charge on any atom is -0.343 e. The van der Waals surface area contributed by atoms with E-state index >= 15 is 0 Å². The Labute approximate surface area is 165 Å². The zero-order valence-corrected chi connectivity index (χ0v) is 16.3. The van der Waals surface area contributed by atoms with Crippen molar-refractivity contribution in [1.82, 2.24) is 19.8 Å². The van der Waals surface area contributed by atoms with Gasteiger partial charge in [0.25, 0.3) is 5.91 Å². The van der Waals surface area contributed by atoms with E-state index in [9.17, 15) is 9.59 Å². The molecule has 0 unspecified atom stereocenters. The van der Waals surface area contributed by atoms with Crippen molar-refractivity contribution >= 4 is 11.8 Å². The number of rotatable bonds is 5. The third-order valence-corrected chi connectivity index (χ3v) is 5.70. The predicted molar refractivity (Wildman–Crippen MR) is 106 cm³/mol. The van der Waals surface area contributed by atoms with Gasteiger partial charge in [-0.15, -0.1) is 0 Å². The van der Waals surface area contributed by atoms with Gasteiger partial charge in [0.05, 0.1) is 17.8 Å². The number of pyridine rings is 2. The largest absolute Gasteiger partial charge is 0.343 e. The van der Waals surface area contributed by atoms with Crippen LogP contribution >= 0.6 is 0 Å². The zero-order chi connectivity index (χ0) is 19.5. The lowest BCUT2D eigenvalue weighted by atomic mass is 9.93. The Kier molecular flexibility index (Phi) is 5.37. The summed E-state index contributed by atoms with van der Waals surface area (Å²) in [5.41, 5.74) is 2.56. The SMILES string of the molecule is CC(=O)N1CCC(c2ccc(C(=O)N(Cc3ccccn3)C3CC3)cn2)CC1. The van der Waals surface area contributed by atoms with Crippen LogP contribution in [0, 0.1) is 0 Å². The minimum absolute atomic E-state index is 0.0265. The summed E-state index contributed by atoms with van der Waals surface area (Å²) in [5.74, 6) is 0.520. The van der Waals surface area contributed by atoms with Crippen molar-refractivity contribution in [2.45, 2.75) is 51.1 Å². The highest BCUT2D eigenvalue weighted by Gasteiger charge is 2.33. The first-order chi connectivity index (χ1) is 13.6. The molecule has 1 aliphatic heterocycles. The fourth-order valence-electron chi connectivity index (χ4n) is 3.85. The van der Waals surface area contributed by atoms with Crippen LogP contribution in [-0.2, 0) is 11.3 Å². The molecule has 1 aliphatic carbocycles. The second-order valence-corrected chi connectivity index (χ2v) is 7.74. The van der Waals surface area contributed by atoms with Crippen LogP contribution in [0.4, 0.5) is 0 Å². The molecule has 2 aliphatic rings. The van der Waals surface area contributed by atoms with Crippen LogP contribution in [0.25, 0.3) is 0 Å². The lowest BCUT2D eigenvalue weighted by Crippen LogP contribution is -2.36. The van der Waals surface area contributed by atoms with Gasteiger partial charge in [-0.05, 0) is 49.9 Å². The topological polar surface area (TPSA) is 66.4 Å². The van der Waals surface area contributed by atoms with Crippen LogP contribution in [0.5, 0.6) is 0 Å². The Morgan fingerprint density at radius 2 is 1.86 bits per heavy atom. The maximum atomic E-state index is 13.1. The number of piperidine rings is 1. The average molecular weight is 378 g/mol. The number of hydrogen-bond donors (Lipinski definition) is 0. The fraction of sp³-hybridized carbons (Fsp3) is 0.455. The molecule has 0 spiro atoms. The van der Waals surface area contributed by atoms with Gasteiger partial charge in [-0.25, -0.2) is 0 Å². The van der Waals surface area contributed by atoms with Crippen molar-refractivity contribution in [1.29, 1.82) is 0 Å². The molecule has 146 valence electrons. The number of hydrogen-bond acceptors (Lipinski definition) is 4. The van der Waals surface area contributed by atoms with Crippen molar-refractivity contribution in [3.63, 3.8) is 0 Å². The molecule has 2 aromatic heterocycles. The highest BCUT2D eigenvalue weighted by Crippen LogP contribution is 2.30. The smallest absolute Gasteiger partial charge is 0.256 e. The summed E-state index contributed by atoms with van der Waals surface area (Å²) in [6.07, 6.45) is 7.43. The van der Waals surface area contributed by atoms with Crippen molar-refractivity contribution in [2.24, 2.45) is 0 Å². The van der Waals surface area contributed by atoms with E-state index in [1.54, 1.807) is 19.3 Å². The Morgan fingerprint density at radius 3 is 2.43 bits per heavy atom. The highest BCUT2D eigenvalue weighted by atomic mass is 16.2. The number of nitrogens with zero attached hydrogens (tertiary/aromatic N) is 4. The van der Waals surface area contributed by atoms with Gasteiger partial charge < -0.3 is 9.80 Å². The van der Waals surface area contributed by atoms with Crippen molar-refractivity contribution in [2.75, 3.05) is 13.1 Å². The van der Waals surface area contributed by atoms with Crippen molar-refractivity contribution in [3.8, 4) is 0 Å². The number of amides is 2. The maximum Gasteiger partial charge on any atom is 0.256 e. The fourth-order valence-corrected chi connectivity index (χ4v) is 3.85. The minimum atomic E-state index is 0.0265. The van der Waals surface area contributed by atoms with Gasteiger partial charge in [0.15, 0.2) is 0 Å². The summed E-state index contributed by atoms with van der Waals surface area (Å²) in [7, 11) is 0. The molecule has 0 bridgehead atoms. The molecule has 6 heteroatoms. The molecule has 0 aromatic carbocycles. The summed E-state index contributed by atoms with van der Waals surface area (Å²) < 4.78 is 0. The first-order valence-corrected chi connectivity index (χ1v) is 10.0. The predicted octanol–water partition coefficient (Wildman–Crippen LogP) is 3.01. The van der Waals surface area contributed by atoms with Crippen LogP contribution in [-0.4, -0.2) is 50.7 Å². The van der Waals surface area contributed by atoms with Gasteiger partial charge in [0, 0.05) is 50.1 Å². The Balaban J connectivity index is 1.42. The van der Waals surface area contributed by atoms with Gasteiger partial charge in [-0.2, -0.15) is 0 Å². The molecule has 0 atom stereocenters. The van der Waals surface area contributed by atoms with Gasteiger partial charge in [-0.3, -0.25) is 19.6 Å². The van der Waals surface area contributed by atoms with E-state index in [1.807, 2.05) is 40.1 Å². The number of carbonyl (C=O) groups is 2. The van der Waals surface area contributed by atoms with E-state index in [-0.39, 0.29) is 11.8 Å². The monoisotopic (exact) mass is 378 g/mol. The third kappa shape index (κ3) is 4.21. The van der Waals surface area contributed by atoms with Crippen LogP contribution in [0.3, 0.4) is 0 Å². The van der Waals surface area contributed by atoms with Gasteiger partial charge in [-0.1, -0.05) is 6.07 Å². The first kappa shape index (κ1) is 18.6. The lowest BCUT2D eigenvalue weighted by molar-refractivity contribution is -0.129. The maximum absolute atomic E-state index is 13.1. The molecule has 2 fully saturated rings. The van der Waals surface area contributed by atoms with Gasteiger partial charge in [0.1, 0.15) is 0 Å². The zero-order valence-electron chi connectivity index (χ0n) is 16.3. The molecular weight excluding hydrogens is 352 g/mol. The van der Waals surface area contributed by atoms with Gasteiger partial charge in [0.2, 0.25) is 5.91 Å². The Hall–Kier alpha value is -2.76. The van der Waals surface area contributed by atoms with Gasteiger partial charge >= 0.3 is 0 Å². The Bertz CT molecular complexity index is 825. The third-order valence-electron chi connectivity index (χ3n) is 5.70. The first-order valence-electron chi connectivity index (χ1n) is 10.0. The molecular formula is C22H26N4O2. The van der Waals surface area contributed by atoms with E-state index in [4.69, 9.17) is 0 Å². The van der Waals surface area contributed by atoms with Crippen molar-refractivity contribution < 1.29 is 9.59 Å². The molecule has 28 heavy (non-hydrogen) atoms. The van der Waals surface area contributed by atoms with Crippen LogP contribution in [0.1, 0.15) is 60.3 Å². The molecule has 6 nitrogen and oxygen atoms in total. The molecule has 3 heterocycles. The highest BCUT2D eigenvalue weighted by molar-refractivity contribution is 5.94. The van der Waals surface area contributed by atoms with E-state index < -0.39 is 0 Å². The van der Waals surface area contributed by atoms with Crippen LogP contribution in [0.15, 0.2) is 42.7 Å². The summed E-state index contributed by atoms with van der Waals surface area (Å²) in [6, 6.07) is 9.98. The van der Waals surface area contributed by atoms with Crippen LogP contribution < -0.4 is 0 Å². The van der Waals surface area contributed by atoms with Crippen molar-refractivity contribution in [3.05, 3.63) is 59.7 Å². The summed E-state index contributed by atoms with van der Waals surface area (Å²) in [6.45, 7) is 3.72. The molecule has 0 radical (unpaired) electrons. The number of carbonyl (C=O) groups excluding carboxylic acids is 2. The molecule has 2 amide bonds. The summed E-state index contributed by atoms with van der Waals surface area (Å²) >= 11 is 0. The molecule has 4 rings (SSSR count). The molecule has 1 saturated heterocycles. The second-order valence-electron chi connectivity index (χ2n) is 7.74. The number of likely N-dealkylation sites (tertiary alicyclic amines) is 1. The van der Waals surface area contributed by atoms with E-state index in [0.717, 1.165) is 50.2 Å². The van der Waals surface area contributed by atoms with E-state index in [2.05, 4.69) is 9.97 Å². The molecule has 1 saturated carbocycles. The molecule has 2 aromatic rings. The second kappa shape index (κ2) is 8.09. The van der Waals surface area contributed by atoms with Crippen LogP contribution in [0.2, 0.25) is 0 Å². The number of aromatic nitrogens is 2. The average Bonchev–Trinajstić information content (AvgIpc) is 3.58. The van der Waals surface area contributed by atoms with E-state index in [0.29, 0.717) is 24.1 Å². The standard InChI is InChI=1S/C22H26N4O2/c1-16(27)25-12-9-17(10-13-25)21-8-5-18(14-24-21)22(28)26(20-6-7-20)15-19-4-2-3-11-23-19/h2-5,8,11,14,17,20H,6-7,9-10,12-13,15H2,1H3.